The third-order valence-corrected chi connectivity index (χ3v) is 6.90. The predicted octanol–water partition coefficient (Wildman–Crippen LogP) is 3.31. The van der Waals surface area contributed by atoms with Crippen LogP contribution in [0.1, 0.15) is 45.8 Å². The maximum Gasteiger partial charge on any atom is 0.337 e. The zero-order chi connectivity index (χ0) is 18.0. The number of carbonyl (C=O) groups is 1. The standard InChI is InChI=1S/C17H20N2O4S2/c1-11-8-9-12(16(20)23-2)10-15(11)25(21,22)19-17-18-13-6-4-3-5-7-14(13)24-17/h8-10H,3-7H2,1-2H3,(H,18,19). The minimum absolute atomic E-state index is 0.0563. The molecule has 0 radical (unpaired) electrons. The second kappa shape index (κ2) is 7.13. The van der Waals surface area contributed by atoms with Gasteiger partial charge >= 0.3 is 5.97 Å². The van der Waals surface area contributed by atoms with Crippen molar-refractivity contribution in [2.24, 2.45) is 0 Å². The van der Waals surface area contributed by atoms with Gasteiger partial charge in [0.1, 0.15) is 0 Å². The smallest absolute Gasteiger partial charge is 0.337 e. The Bertz CT molecular complexity index is 880. The normalized spacial score (nSPS) is 14.5. The maximum atomic E-state index is 12.8. The number of anilines is 1. The molecule has 0 aliphatic heterocycles. The first-order chi connectivity index (χ1) is 11.9. The molecule has 0 unspecified atom stereocenters. The molecule has 25 heavy (non-hydrogen) atoms. The number of aryl methyl sites for hydroxylation is 3. The summed E-state index contributed by atoms with van der Waals surface area (Å²) in [5, 5.41) is 0.384. The van der Waals surface area contributed by atoms with E-state index in [0.717, 1.165) is 36.3 Å². The molecule has 0 bridgehead atoms. The lowest BCUT2D eigenvalue weighted by Gasteiger charge is -2.10. The summed E-state index contributed by atoms with van der Waals surface area (Å²) in [6, 6.07) is 4.48. The van der Waals surface area contributed by atoms with Gasteiger partial charge in [-0.2, -0.15) is 0 Å². The van der Waals surface area contributed by atoms with Gasteiger partial charge in [0.15, 0.2) is 5.13 Å². The fourth-order valence-electron chi connectivity index (χ4n) is 2.88. The average molecular weight is 380 g/mol. The number of methoxy groups -OCH3 is 1. The number of carbonyl (C=O) groups excluding carboxylic acids is 1. The molecule has 1 heterocycles. The summed E-state index contributed by atoms with van der Waals surface area (Å²) < 4.78 is 32.8. The van der Waals surface area contributed by atoms with Crippen molar-refractivity contribution >= 4 is 32.5 Å². The average Bonchev–Trinajstić information content (AvgIpc) is 2.81. The monoisotopic (exact) mass is 380 g/mol. The number of nitrogens with one attached hydrogen (secondary N) is 1. The van der Waals surface area contributed by atoms with E-state index in [-0.39, 0.29) is 10.5 Å². The number of aromatic nitrogens is 1. The van der Waals surface area contributed by atoms with Gasteiger partial charge in [-0.3, -0.25) is 4.72 Å². The summed E-state index contributed by atoms with van der Waals surface area (Å²) >= 11 is 1.40. The summed E-state index contributed by atoms with van der Waals surface area (Å²) in [6.45, 7) is 1.69. The van der Waals surface area contributed by atoms with Gasteiger partial charge in [-0.05, 0) is 50.3 Å². The van der Waals surface area contributed by atoms with Crippen molar-refractivity contribution in [2.75, 3.05) is 11.8 Å². The number of fused-ring (bicyclic) bond motifs is 1. The Morgan fingerprint density at radius 3 is 2.76 bits per heavy atom. The zero-order valence-electron chi connectivity index (χ0n) is 14.2. The molecule has 0 atom stereocenters. The molecule has 1 aromatic heterocycles. The van der Waals surface area contributed by atoms with Crippen molar-refractivity contribution in [1.82, 2.24) is 4.98 Å². The van der Waals surface area contributed by atoms with E-state index in [9.17, 15) is 13.2 Å². The fraction of sp³-hybridized carbons (Fsp3) is 0.412. The van der Waals surface area contributed by atoms with Crippen molar-refractivity contribution in [2.45, 2.75) is 43.9 Å². The van der Waals surface area contributed by atoms with Crippen LogP contribution in [0.3, 0.4) is 0 Å². The first kappa shape index (κ1) is 17.9. The Hall–Kier alpha value is -1.93. The summed E-state index contributed by atoms with van der Waals surface area (Å²) in [6.07, 6.45) is 5.23. The quantitative estimate of drug-likeness (QED) is 0.650. The number of rotatable bonds is 4. The van der Waals surface area contributed by atoms with Crippen LogP contribution in [-0.2, 0) is 27.6 Å². The molecule has 3 rings (SSSR count). The highest BCUT2D eigenvalue weighted by atomic mass is 32.2. The van der Waals surface area contributed by atoms with E-state index in [1.807, 2.05) is 0 Å². The minimum atomic E-state index is -3.83. The number of ether oxygens (including phenoxy) is 1. The third kappa shape index (κ3) is 3.85. The van der Waals surface area contributed by atoms with Crippen LogP contribution in [0.2, 0.25) is 0 Å². The number of nitrogens with zero attached hydrogens (tertiary/aromatic N) is 1. The van der Waals surface area contributed by atoms with Crippen molar-refractivity contribution in [1.29, 1.82) is 0 Å². The van der Waals surface area contributed by atoms with Crippen LogP contribution in [0, 0.1) is 6.92 Å². The predicted molar refractivity (Wildman–Crippen MR) is 96.7 cm³/mol. The van der Waals surface area contributed by atoms with E-state index in [2.05, 4.69) is 14.4 Å². The Kier molecular flexibility index (Phi) is 5.10. The van der Waals surface area contributed by atoms with Gasteiger partial charge in [0.25, 0.3) is 10.0 Å². The van der Waals surface area contributed by atoms with Crippen molar-refractivity contribution < 1.29 is 17.9 Å². The van der Waals surface area contributed by atoms with Crippen LogP contribution >= 0.6 is 11.3 Å². The summed E-state index contributed by atoms with van der Waals surface area (Å²) in [5.41, 5.74) is 1.75. The van der Waals surface area contributed by atoms with Crippen molar-refractivity contribution in [3.8, 4) is 0 Å². The summed E-state index contributed by atoms with van der Waals surface area (Å²) in [4.78, 5) is 17.4. The number of sulfonamides is 1. The Morgan fingerprint density at radius 1 is 1.24 bits per heavy atom. The van der Waals surface area contributed by atoms with Gasteiger partial charge < -0.3 is 4.74 Å². The SMILES string of the molecule is COC(=O)c1ccc(C)c(S(=O)(=O)Nc2nc3c(s2)CCCCC3)c1. The van der Waals surface area contributed by atoms with Gasteiger partial charge in [0.05, 0.1) is 23.3 Å². The topological polar surface area (TPSA) is 85.4 Å². The van der Waals surface area contributed by atoms with Gasteiger partial charge in [-0.15, -0.1) is 11.3 Å². The third-order valence-electron chi connectivity index (χ3n) is 4.22. The lowest BCUT2D eigenvalue weighted by atomic mass is 10.1. The molecule has 0 saturated heterocycles. The van der Waals surface area contributed by atoms with E-state index in [1.54, 1.807) is 19.1 Å². The van der Waals surface area contributed by atoms with Crippen LogP contribution in [0.15, 0.2) is 23.1 Å². The second-order valence-corrected chi connectivity index (χ2v) is 8.76. The molecule has 0 amide bonds. The lowest BCUT2D eigenvalue weighted by molar-refractivity contribution is 0.0600. The Labute approximate surface area is 151 Å². The molecule has 6 nitrogen and oxygen atoms in total. The van der Waals surface area contributed by atoms with Gasteiger partial charge in [-0.1, -0.05) is 12.5 Å². The summed E-state index contributed by atoms with van der Waals surface area (Å²) in [5.74, 6) is -0.572. The number of thiazole rings is 1. The molecular weight excluding hydrogens is 360 g/mol. The highest BCUT2D eigenvalue weighted by Crippen LogP contribution is 2.30. The van der Waals surface area contributed by atoms with Crippen LogP contribution in [-0.4, -0.2) is 26.5 Å². The Morgan fingerprint density at radius 2 is 2.00 bits per heavy atom. The summed E-state index contributed by atoms with van der Waals surface area (Å²) in [7, 11) is -2.57. The molecule has 2 aromatic rings. The first-order valence-electron chi connectivity index (χ1n) is 8.11. The fourth-order valence-corrected chi connectivity index (χ4v) is 5.43. The number of hydrogen-bond donors (Lipinski definition) is 1. The van der Waals surface area contributed by atoms with Crippen LogP contribution in [0.4, 0.5) is 5.13 Å². The first-order valence-corrected chi connectivity index (χ1v) is 10.4. The highest BCUT2D eigenvalue weighted by molar-refractivity contribution is 7.93. The van der Waals surface area contributed by atoms with Crippen LogP contribution in [0.5, 0.6) is 0 Å². The molecule has 1 aliphatic rings. The van der Waals surface area contributed by atoms with Gasteiger partial charge in [-0.25, -0.2) is 18.2 Å². The van der Waals surface area contributed by atoms with Crippen molar-refractivity contribution in [3.63, 3.8) is 0 Å². The largest absolute Gasteiger partial charge is 0.465 e. The molecule has 134 valence electrons. The molecule has 0 spiro atoms. The maximum absolute atomic E-state index is 12.8. The second-order valence-electron chi connectivity index (χ2n) is 6.03. The molecule has 1 aromatic carbocycles. The number of benzene rings is 1. The van der Waals surface area contributed by atoms with E-state index in [1.165, 1.54) is 30.9 Å². The molecular formula is C17H20N2O4S2. The highest BCUT2D eigenvalue weighted by Gasteiger charge is 2.22. The molecule has 8 heteroatoms. The molecule has 0 saturated carbocycles. The number of hydrogen-bond acceptors (Lipinski definition) is 6. The minimum Gasteiger partial charge on any atom is -0.465 e. The number of esters is 1. The molecule has 1 N–H and O–H groups in total. The van der Waals surface area contributed by atoms with E-state index < -0.39 is 16.0 Å². The van der Waals surface area contributed by atoms with Crippen LogP contribution < -0.4 is 4.72 Å². The zero-order valence-corrected chi connectivity index (χ0v) is 15.8. The molecule has 0 fully saturated rings. The van der Waals surface area contributed by atoms with E-state index >= 15 is 0 Å². The Balaban J connectivity index is 1.91. The lowest BCUT2D eigenvalue weighted by Crippen LogP contribution is -2.15. The van der Waals surface area contributed by atoms with Gasteiger partial charge in [0, 0.05) is 4.88 Å². The molecule has 1 aliphatic carbocycles. The van der Waals surface area contributed by atoms with E-state index in [0.29, 0.717) is 10.7 Å². The van der Waals surface area contributed by atoms with Crippen LogP contribution in [0.25, 0.3) is 0 Å². The van der Waals surface area contributed by atoms with E-state index in [4.69, 9.17) is 0 Å². The van der Waals surface area contributed by atoms with Gasteiger partial charge in [0.2, 0.25) is 0 Å². The van der Waals surface area contributed by atoms with Crippen molar-refractivity contribution in [3.05, 3.63) is 39.9 Å².